The van der Waals surface area contributed by atoms with E-state index in [0.717, 1.165) is 12.8 Å². The molecule has 0 bridgehead atoms. The number of amides is 1. The number of piperidine rings is 1. The normalized spacial score (nSPS) is 19.0. The van der Waals surface area contributed by atoms with Gasteiger partial charge in [0.15, 0.2) is 6.33 Å². The smallest absolute Gasteiger partial charge is 0.258 e. The van der Waals surface area contributed by atoms with E-state index in [4.69, 9.17) is 16.3 Å². The predicted octanol–water partition coefficient (Wildman–Crippen LogP) is 2.43. The molecule has 4 heterocycles. The van der Waals surface area contributed by atoms with Crippen LogP contribution in [0.1, 0.15) is 30.1 Å². The SMILES string of the molecule is C[C@@H]1CC[C@@H](Oc2nccn3c(Cl)cnc23)CN1C(=O)c1ccccc1-n1ncnn1. The highest BCUT2D eigenvalue weighted by atomic mass is 35.5. The molecule has 0 saturated carbocycles. The van der Waals surface area contributed by atoms with Crippen LogP contribution in [0.15, 0.2) is 49.2 Å². The van der Waals surface area contributed by atoms with Crippen LogP contribution in [0.3, 0.4) is 0 Å². The number of nitrogens with zero attached hydrogens (tertiary/aromatic N) is 8. The molecule has 5 rings (SSSR count). The largest absolute Gasteiger partial charge is 0.470 e. The number of imidazole rings is 1. The summed E-state index contributed by atoms with van der Waals surface area (Å²) in [5.41, 5.74) is 1.64. The highest BCUT2D eigenvalue weighted by Crippen LogP contribution is 2.26. The van der Waals surface area contributed by atoms with Crippen LogP contribution in [0.5, 0.6) is 5.88 Å². The van der Waals surface area contributed by atoms with Crippen LogP contribution in [-0.4, -0.2) is 64.1 Å². The van der Waals surface area contributed by atoms with Gasteiger partial charge in [-0.25, -0.2) is 9.97 Å². The number of para-hydroxylation sites is 1. The molecule has 4 aromatic rings. The molecule has 1 aliphatic rings. The highest BCUT2D eigenvalue weighted by molar-refractivity contribution is 6.29. The number of hydrogen-bond acceptors (Lipinski definition) is 7. The van der Waals surface area contributed by atoms with Crippen LogP contribution in [0.2, 0.25) is 5.15 Å². The molecule has 2 atom stereocenters. The van der Waals surface area contributed by atoms with Gasteiger partial charge in [0.05, 0.1) is 18.3 Å². The summed E-state index contributed by atoms with van der Waals surface area (Å²) in [7, 11) is 0. The number of carbonyl (C=O) groups is 1. The van der Waals surface area contributed by atoms with Gasteiger partial charge in [-0.1, -0.05) is 23.7 Å². The zero-order valence-corrected chi connectivity index (χ0v) is 17.4. The van der Waals surface area contributed by atoms with Crippen molar-refractivity contribution in [3.8, 4) is 11.6 Å². The fourth-order valence-electron chi connectivity index (χ4n) is 3.82. The number of likely N-dealkylation sites (tertiary alicyclic amines) is 1. The Kier molecular flexibility index (Phi) is 4.99. The molecule has 1 aromatic carbocycles. The molecular weight excluding hydrogens is 420 g/mol. The number of aromatic nitrogens is 7. The van der Waals surface area contributed by atoms with Crippen molar-refractivity contribution in [1.29, 1.82) is 0 Å². The third kappa shape index (κ3) is 3.59. The summed E-state index contributed by atoms with van der Waals surface area (Å²) in [5, 5.41) is 12.2. The van der Waals surface area contributed by atoms with Crippen molar-refractivity contribution >= 4 is 23.2 Å². The van der Waals surface area contributed by atoms with Gasteiger partial charge in [-0.2, -0.15) is 0 Å². The summed E-state index contributed by atoms with van der Waals surface area (Å²) in [6, 6.07) is 7.29. The Bertz CT molecular complexity index is 1230. The first kappa shape index (κ1) is 19.4. The van der Waals surface area contributed by atoms with E-state index in [1.165, 1.54) is 11.1 Å². The van der Waals surface area contributed by atoms with Crippen molar-refractivity contribution in [1.82, 2.24) is 39.5 Å². The summed E-state index contributed by atoms with van der Waals surface area (Å²) >= 11 is 6.14. The van der Waals surface area contributed by atoms with Gasteiger partial charge in [-0.05, 0) is 37.1 Å². The molecular formula is C20H19ClN8O2. The number of fused-ring (bicyclic) bond motifs is 1. The Hall–Kier alpha value is -3.53. The Morgan fingerprint density at radius 1 is 1.23 bits per heavy atom. The zero-order valence-electron chi connectivity index (χ0n) is 16.7. The molecule has 0 unspecified atom stereocenters. The third-order valence-electron chi connectivity index (χ3n) is 5.43. The average molecular weight is 439 g/mol. The first-order valence-corrected chi connectivity index (χ1v) is 10.3. The van der Waals surface area contributed by atoms with Crippen molar-refractivity contribution in [2.75, 3.05) is 6.54 Å². The predicted molar refractivity (Wildman–Crippen MR) is 111 cm³/mol. The second-order valence-electron chi connectivity index (χ2n) is 7.37. The van der Waals surface area contributed by atoms with Gasteiger partial charge in [0.25, 0.3) is 11.8 Å². The van der Waals surface area contributed by atoms with Crippen LogP contribution in [0.4, 0.5) is 0 Å². The molecule has 158 valence electrons. The van der Waals surface area contributed by atoms with Gasteiger partial charge < -0.3 is 9.64 Å². The molecule has 11 heteroatoms. The number of halogens is 1. The summed E-state index contributed by atoms with van der Waals surface area (Å²) in [6.07, 6.45) is 7.62. The molecule has 1 fully saturated rings. The Labute approximate surface area is 182 Å². The van der Waals surface area contributed by atoms with Gasteiger partial charge >= 0.3 is 0 Å². The van der Waals surface area contributed by atoms with E-state index in [-0.39, 0.29) is 18.1 Å². The van der Waals surface area contributed by atoms with E-state index in [9.17, 15) is 4.79 Å². The number of hydrogen-bond donors (Lipinski definition) is 0. The van der Waals surface area contributed by atoms with Crippen molar-refractivity contribution < 1.29 is 9.53 Å². The standard InChI is InChI=1S/C20H19ClN8O2/c1-13-6-7-14(31-19-18-23-10-17(21)27(18)9-8-22-19)11-28(13)20(30)15-4-2-3-5-16(15)29-25-12-24-26-29/h2-5,8-10,12-14H,6-7,11H2,1H3/t13-,14-/m1/s1. The fraction of sp³-hybridized carbons (Fsp3) is 0.300. The maximum atomic E-state index is 13.5. The van der Waals surface area contributed by atoms with E-state index in [2.05, 4.69) is 25.4 Å². The lowest BCUT2D eigenvalue weighted by atomic mass is 9.99. The van der Waals surface area contributed by atoms with Gasteiger partial charge in [-0.15, -0.1) is 15.0 Å². The minimum Gasteiger partial charge on any atom is -0.470 e. The maximum Gasteiger partial charge on any atom is 0.258 e. The number of carbonyl (C=O) groups excluding carboxylic acids is 1. The van der Waals surface area contributed by atoms with Crippen LogP contribution in [-0.2, 0) is 0 Å². The molecule has 0 radical (unpaired) electrons. The minimum atomic E-state index is -0.217. The summed E-state index contributed by atoms with van der Waals surface area (Å²) in [4.78, 5) is 25.2. The number of ether oxygens (including phenoxy) is 1. The van der Waals surface area contributed by atoms with Gasteiger partial charge in [0, 0.05) is 18.4 Å². The summed E-state index contributed by atoms with van der Waals surface area (Å²) in [6.45, 7) is 2.47. The molecule has 0 aliphatic carbocycles. The lowest BCUT2D eigenvalue weighted by Gasteiger charge is -2.38. The second kappa shape index (κ2) is 7.95. The topological polar surface area (TPSA) is 103 Å². The maximum absolute atomic E-state index is 13.5. The van der Waals surface area contributed by atoms with Crippen LogP contribution >= 0.6 is 11.6 Å². The van der Waals surface area contributed by atoms with E-state index in [0.29, 0.717) is 34.5 Å². The second-order valence-corrected chi connectivity index (χ2v) is 7.76. The first-order valence-electron chi connectivity index (χ1n) is 9.89. The van der Waals surface area contributed by atoms with Crippen LogP contribution in [0, 0.1) is 0 Å². The van der Waals surface area contributed by atoms with Crippen LogP contribution < -0.4 is 4.74 Å². The number of tetrazole rings is 1. The Balaban J connectivity index is 1.40. The van der Waals surface area contributed by atoms with E-state index >= 15 is 0 Å². The van der Waals surface area contributed by atoms with Gasteiger partial charge in [0.1, 0.15) is 16.9 Å². The van der Waals surface area contributed by atoms with Crippen molar-refractivity contribution in [3.63, 3.8) is 0 Å². The monoisotopic (exact) mass is 438 g/mol. The molecule has 1 aliphatic heterocycles. The van der Waals surface area contributed by atoms with E-state index in [1.807, 2.05) is 24.0 Å². The number of rotatable bonds is 4. The third-order valence-corrected chi connectivity index (χ3v) is 5.71. The molecule has 3 aromatic heterocycles. The fourth-order valence-corrected chi connectivity index (χ4v) is 4.01. The summed E-state index contributed by atoms with van der Waals surface area (Å²) in [5.74, 6) is 0.289. The highest BCUT2D eigenvalue weighted by Gasteiger charge is 2.32. The average Bonchev–Trinajstić information content (AvgIpc) is 3.46. The first-order chi connectivity index (χ1) is 15.1. The van der Waals surface area contributed by atoms with Crippen molar-refractivity contribution in [2.24, 2.45) is 0 Å². The molecule has 1 saturated heterocycles. The van der Waals surface area contributed by atoms with E-state index < -0.39 is 0 Å². The molecule has 31 heavy (non-hydrogen) atoms. The van der Waals surface area contributed by atoms with Gasteiger partial charge in [0.2, 0.25) is 5.65 Å². The molecule has 10 nitrogen and oxygen atoms in total. The molecule has 0 spiro atoms. The zero-order chi connectivity index (χ0) is 21.4. The Morgan fingerprint density at radius 2 is 2.10 bits per heavy atom. The number of benzene rings is 1. The Morgan fingerprint density at radius 3 is 2.94 bits per heavy atom. The summed E-state index contributed by atoms with van der Waals surface area (Å²) < 4.78 is 7.87. The molecule has 0 N–H and O–H groups in total. The van der Waals surface area contributed by atoms with Crippen LogP contribution in [0.25, 0.3) is 11.3 Å². The van der Waals surface area contributed by atoms with E-state index in [1.54, 1.807) is 35.1 Å². The van der Waals surface area contributed by atoms with Crippen molar-refractivity contribution in [3.05, 3.63) is 59.9 Å². The lowest BCUT2D eigenvalue weighted by Crippen LogP contribution is -2.49. The molecule has 1 amide bonds. The minimum absolute atomic E-state index is 0.0636. The quantitative estimate of drug-likeness (QED) is 0.482. The van der Waals surface area contributed by atoms with Gasteiger partial charge in [-0.3, -0.25) is 9.20 Å². The van der Waals surface area contributed by atoms with Crippen molar-refractivity contribution in [2.45, 2.75) is 31.9 Å². The lowest BCUT2D eigenvalue weighted by molar-refractivity contribution is 0.0375.